The van der Waals surface area contributed by atoms with Crippen LogP contribution in [0.15, 0.2) is 97.1 Å². The van der Waals surface area contributed by atoms with E-state index >= 15 is 0 Å². The van der Waals surface area contributed by atoms with Gasteiger partial charge in [0.1, 0.15) is 0 Å². The van der Waals surface area contributed by atoms with Gasteiger partial charge in [-0.15, -0.1) is 0 Å². The summed E-state index contributed by atoms with van der Waals surface area (Å²) in [6.45, 7) is 13.9. The highest BCUT2D eigenvalue weighted by molar-refractivity contribution is 6.28. The molecule has 7 rings (SSSR count). The third-order valence-electron chi connectivity index (χ3n) is 8.44. The van der Waals surface area contributed by atoms with E-state index in [1.54, 1.807) is 0 Å². The number of rotatable bonds is 1. The first-order valence-corrected chi connectivity index (χ1v) is 13.8. The topological polar surface area (TPSA) is 0 Å². The number of hydrogen-bond acceptors (Lipinski definition) is 0. The van der Waals surface area contributed by atoms with E-state index in [1.807, 2.05) is 0 Å². The maximum Gasteiger partial charge on any atom is -0.00206 e. The number of hydrogen-bond donors (Lipinski definition) is 0. The van der Waals surface area contributed by atoms with Gasteiger partial charge < -0.3 is 0 Å². The fraction of sp³-hybridized carbons (Fsp3) is 0.211. The minimum atomic E-state index is 0.0488. The Morgan fingerprint density at radius 2 is 0.921 bits per heavy atom. The Morgan fingerprint density at radius 3 is 1.66 bits per heavy atom. The molecule has 0 heterocycles. The fourth-order valence-corrected chi connectivity index (χ4v) is 6.29. The van der Waals surface area contributed by atoms with Gasteiger partial charge in [-0.25, -0.2) is 0 Å². The molecule has 0 fully saturated rings. The highest BCUT2D eigenvalue weighted by atomic mass is 14.3. The van der Waals surface area contributed by atoms with Crippen LogP contribution in [0.2, 0.25) is 0 Å². The van der Waals surface area contributed by atoms with E-state index in [0.717, 1.165) is 0 Å². The molecule has 7 aromatic rings. The smallest absolute Gasteiger partial charge is 0.00206 e. The van der Waals surface area contributed by atoms with E-state index in [1.165, 1.54) is 76.1 Å². The molecule has 186 valence electrons. The molecule has 0 aromatic heterocycles. The van der Waals surface area contributed by atoms with Crippen LogP contribution < -0.4 is 0 Å². The lowest BCUT2D eigenvalue weighted by atomic mass is 9.80. The summed E-state index contributed by atoms with van der Waals surface area (Å²) in [5.74, 6) is 0. The molecule has 0 bridgehead atoms. The van der Waals surface area contributed by atoms with Crippen molar-refractivity contribution in [2.45, 2.75) is 52.4 Å². The van der Waals surface area contributed by atoms with Gasteiger partial charge in [0, 0.05) is 0 Å². The molecule has 0 radical (unpaired) electrons. The zero-order valence-electron chi connectivity index (χ0n) is 23.2. The summed E-state index contributed by atoms with van der Waals surface area (Å²) >= 11 is 0. The molecule has 0 saturated heterocycles. The van der Waals surface area contributed by atoms with Gasteiger partial charge in [0.25, 0.3) is 0 Å². The van der Waals surface area contributed by atoms with Crippen molar-refractivity contribution in [3.63, 3.8) is 0 Å². The van der Waals surface area contributed by atoms with Crippen LogP contribution in [0, 0.1) is 0 Å². The van der Waals surface area contributed by atoms with Gasteiger partial charge in [-0.1, -0.05) is 126 Å². The lowest BCUT2D eigenvalue weighted by molar-refractivity contribution is 0.591. The highest BCUT2D eigenvalue weighted by Gasteiger charge is 2.22. The average molecular weight is 491 g/mol. The molecule has 0 amide bonds. The van der Waals surface area contributed by atoms with Crippen molar-refractivity contribution in [3.05, 3.63) is 108 Å². The normalized spacial score (nSPS) is 13.0. The van der Waals surface area contributed by atoms with Crippen molar-refractivity contribution in [1.29, 1.82) is 0 Å². The second kappa shape index (κ2) is 7.81. The lowest BCUT2D eigenvalue weighted by Gasteiger charge is -2.24. The van der Waals surface area contributed by atoms with Crippen molar-refractivity contribution in [2.24, 2.45) is 0 Å². The second-order valence-corrected chi connectivity index (χ2v) is 13.1. The SMILES string of the molecule is CC(C)(C)c1cc(-c2cc3cc(C(C)(C)C)cc4ccc5cccc2c5c43)c2c(ccc3ccccc32)c1. The van der Waals surface area contributed by atoms with E-state index in [0.29, 0.717) is 0 Å². The summed E-state index contributed by atoms with van der Waals surface area (Å²) in [4.78, 5) is 0. The first kappa shape index (κ1) is 23.2. The molecule has 0 N–H and O–H groups in total. The third kappa shape index (κ3) is 3.43. The van der Waals surface area contributed by atoms with Crippen molar-refractivity contribution >= 4 is 53.9 Å². The Kier molecular flexibility index (Phi) is 4.77. The van der Waals surface area contributed by atoms with Gasteiger partial charge in [0.2, 0.25) is 0 Å². The third-order valence-corrected chi connectivity index (χ3v) is 8.44. The van der Waals surface area contributed by atoms with Crippen LogP contribution >= 0.6 is 0 Å². The van der Waals surface area contributed by atoms with Crippen LogP contribution in [-0.2, 0) is 10.8 Å². The van der Waals surface area contributed by atoms with Crippen molar-refractivity contribution in [2.75, 3.05) is 0 Å². The Hall–Kier alpha value is -3.90. The summed E-state index contributed by atoms with van der Waals surface area (Å²) in [6.07, 6.45) is 0. The Morgan fingerprint density at radius 1 is 0.368 bits per heavy atom. The van der Waals surface area contributed by atoms with Crippen LogP contribution in [-0.4, -0.2) is 0 Å². The van der Waals surface area contributed by atoms with Crippen LogP contribution in [0.25, 0.3) is 65.0 Å². The van der Waals surface area contributed by atoms with E-state index in [-0.39, 0.29) is 10.8 Å². The maximum atomic E-state index is 2.47. The minimum absolute atomic E-state index is 0.0488. The molecule has 0 aliphatic heterocycles. The molecular weight excluding hydrogens is 456 g/mol. The van der Waals surface area contributed by atoms with Gasteiger partial charge >= 0.3 is 0 Å². The first-order chi connectivity index (χ1) is 18.1. The van der Waals surface area contributed by atoms with E-state index < -0.39 is 0 Å². The maximum absolute atomic E-state index is 2.47. The monoisotopic (exact) mass is 490 g/mol. The van der Waals surface area contributed by atoms with E-state index in [2.05, 4.69) is 139 Å². The Bertz CT molecular complexity index is 2020. The zero-order chi connectivity index (χ0) is 26.4. The second-order valence-electron chi connectivity index (χ2n) is 13.1. The molecule has 0 nitrogen and oxygen atoms in total. The van der Waals surface area contributed by atoms with Gasteiger partial charge in [-0.05, 0) is 99.1 Å². The van der Waals surface area contributed by atoms with Crippen LogP contribution in [0.5, 0.6) is 0 Å². The molecular formula is C38H34. The molecule has 0 aliphatic rings. The zero-order valence-corrected chi connectivity index (χ0v) is 23.2. The van der Waals surface area contributed by atoms with E-state index in [4.69, 9.17) is 0 Å². The lowest BCUT2D eigenvalue weighted by Crippen LogP contribution is -2.11. The van der Waals surface area contributed by atoms with Gasteiger partial charge in [-0.2, -0.15) is 0 Å². The van der Waals surface area contributed by atoms with Crippen molar-refractivity contribution < 1.29 is 0 Å². The minimum Gasteiger partial charge on any atom is -0.0616 e. The van der Waals surface area contributed by atoms with Crippen LogP contribution in [0.1, 0.15) is 52.7 Å². The van der Waals surface area contributed by atoms with Crippen LogP contribution in [0.3, 0.4) is 0 Å². The molecule has 0 aliphatic carbocycles. The summed E-state index contributed by atoms with van der Waals surface area (Å²) in [5, 5.41) is 13.4. The predicted molar refractivity (Wildman–Crippen MR) is 168 cm³/mol. The van der Waals surface area contributed by atoms with Gasteiger partial charge in [0.15, 0.2) is 0 Å². The Balaban J connectivity index is 1.71. The standard InChI is InChI=1S/C38H34/c1-37(2,3)28-18-25-17-15-24-11-9-13-31-32(21-27(20-28)34(25)36(24)31)33-22-29(38(4,5)6)19-26-16-14-23-10-7-8-12-30(23)35(26)33/h7-22H,1-6H3. The molecule has 38 heavy (non-hydrogen) atoms. The molecule has 0 spiro atoms. The number of fused-ring (bicyclic) bond motifs is 3. The average Bonchev–Trinajstić information content (AvgIpc) is 2.89. The summed E-state index contributed by atoms with van der Waals surface area (Å²) in [6, 6.07) is 37.0. The largest absolute Gasteiger partial charge is 0.0616 e. The Labute approximate surface area is 225 Å². The van der Waals surface area contributed by atoms with Crippen molar-refractivity contribution in [1.82, 2.24) is 0 Å². The molecule has 7 aromatic carbocycles. The molecule has 0 unspecified atom stereocenters. The quantitative estimate of drug-likeness (QED) is 0.201. The molecule has 0 saturated carbocycles. The van der Waals surface area contributed by atoms with Gasteiger partial charge in [-0.3, -0.25) is 0 Å². The van der Waals surface area contributed by atoms with Gasteiger partial charge in [0.05, 0.1) is 0 Å². The van der Waals surface area contributed by atoms with Crippen LogP contribution in [0.4, 0.5) is 0 Å². The van der Waals surface area contributed by atoms with Crippen molar-refractivity contribution in [3.8, 4) is 11.1 Å². The van der Waals surface area contributed by atoms with E-state index in [9.17, 15) is 0 Å². The summed E-state index contributed by atoms with van der Waals surface area (Å²) in [7, 11) is 0. The predicted octanol–water partition coefficient (Wildman–Crippen LogP) is 11.2. The summed E-state index contributed by atoms with van der Waals surface area (Å²) in [5.41, 5.74) is 5.55. The summed E-state index contributed by atoms with van der Waals surface area (Å²) < 4.78 is 0. The first-order valence-electron chi connectivity index (χ1n) is 13.8. The molecule has 0 heteroatoms. The fourth-order valence-electron chi connectivity index (χ4n) is 6.29. The highest BCUT2D eigenvalue weighted by Crippen LogP contribution is 2.45. The molecule has 0 atom stereocenters. The number of benzene rings is 7.